The molecule has 0 fully saturated rings. The lowest BCUT2D eigenvalue weighted by Crippen LogP contribution is -2.13. The number of methoxy groups -OCH3 is 2. The fourth-order valence-corrected chi connectivity index (χ4v) is 3.39. The number of anilines is 1. The van der Waals surface area contributed by atoms with Gasteiger partial charge in [-0.05, 0) is 60.4 Å². The first-order valence-electron chi connectivity index (χ1n) is 10.3. The zero-order valence-corrected chi connectivity index (χ0v) is 18.7. The SMILES string of the molecule is COc1ccc(C(=O)Nc2cc(C)ccc2OC)cc1COc1ccccc1C(C)C. The summed E-state index contributed by atoms with van der Waals surface area (Å²) in [6.45, 7) is 6.52. The Kier molecular flexibility index (Phi) is 7.19. The molecule has 5 heteroatoms. The van der Waals surface area contributed by atoms with Crippen LogP contribution in [-0.4, -0.2) is 20.1 Å². The van der Waals surface area contributed by atoms with Crippen LogP contribution in [0.3, 0.4) is 0 Å². The van der Waals surface area contributed by atoms with Crippen LogP contribution in [0.25, 0.3) is 0 Å². The largest absolute Gasteiger partial charge is 0.496 e. The number of hydrogen-bond donors (Lipinski definition) is 1. The van der Waals surface area contributed by atoms with Crippen molar-refractivity contribution in [2.45, 2.75) is 33.3 Å². The predicted octanol–water partition coefficient (Wildman–Crippen LogP) is 5.97. The van der Waals surface area contributed by atoms with Gasteiger partial charge in [0, 0.05) is 11.1 Å². The molecule has 0 atom stereocenters. The van der Waals surface area contributed by atoms with Crippen LogP contribution in [-0.2, 0) is 6.61 Å². The Morgan fingerprint density at radius 1 is 0.903 bits per heavy atom. The molecule has 0 saturated heterocycles. The second-order valence-corrected chi connectivity index (χ2v) is 7.67. The third-order valence-corrected chi connectivity index (χ3v) is 5.07. The van der Waals surface area contributed by atoms with Gasteiger partial charge in [0.1, 0.15) is 23.9 Å². The van der Waals surface area contributed by atoms with Crippen LogP contribution in [0.1, 0.15) is 46.8 Å². The van der Waals surface area contributed by atoms with Crippen molar-refractivity contribution in [1.29, 1.82) is 0 Å². The highest BCUT2D eigenvalue weighted by Crippen LogP contribution is 2.29. The molecule has 3 aromatic carbocycles. The minimum atomic E-state index is -0.226. The standard InChI is InChI=1S/C26H29NO4/c1-17(2)21-8-6-7-9-24(21)31-16-20-15-19(11-13-23(20)29-4)26(28)27-22-14-18(3)10-12-25(22)30-5/h6-15,17H,16H2,1-5H3,(H,27,28). The predicted molar refractivity (Wildman–Crippen MR) is 124 cm³/mol. The van der Waals surface area contributed by atoms with Gasteiger partial charge in [-0.3, -0.25) is 4.79 Å². The molecule has 1 amide bonds. The Morgan fingerprint density at radius 2 is 1.61 bits per heavy atom. The van der Waals surface area contributed by atoms with Gasteiger partial charge < -0.3 is 19.5 Å². The lowest BCUT2D eigenvalue weighted by Gasteiger charge is -2.16. The maximum absolute atomic E-state index is 12.9. The molecule has 0 aliphatic rings. The fourth-order valence-electron chi connectivity index (χ4n) is 3.39. The second-order valence-electron chi connectivity index (χ2n) is 7.67. The molecule has 3 rings (SSSR count). The number of carbonyl (C=O) groups excluding carboxylic acids is 1. The molecule has 3 aromatic rings. The highest BCUT2D eigenvalue weighted by Gasteiger charge is 2.14. The highest BCUT2D eigenvalue weighted by molar-refractivity contribution is 6.05. The van der Waals surface area contributed by atoms with Crippen LogP contribution >= 0.6 is 0 Å². The average Bonchev–Trinajstić information content (AvgIpc) is 2.77. The minimum absolute atomic E-state index is 0.226. The molecular formula is C26H29NO4. The van der Waals surface area contributed by atoms with Gasteiger partial charge in [-0.1, -0.05) is 38.1 Å². The van der Waals surface area contributed by atoms with Gasteiger partial charge in [0.05, 0.1) is 19.9 Å². The summed E-state index contributed by atoms with van der Waals surface area (Å²) in [5.41, 5.74) is 4.11. The molecule has 1 N–H and O–H groups in total. The summed E-state index contributed by atoms with van der Waals surface area (Å²) >= 11 is 0. The first kappa shape index (κ1) is 22.2. The summed E-state index contributed by atoms with van der Waals surface area (Å²) in [5, 5.41) is 2.94. The van der Waals surface area contributed by atoms with Crippen LogP contribution in [0, 0.1) is 6.92 Å². The Bertz CT molecular complexity index is 1060. The van der Waals surface area contributed by atoms with Gasteiger partial charge in [0.15, 0.2) is 0 Å². The molecule has 0 saturated carbocycles. The lowest BCUT2D eigenvalue weighted by atomic mass is 10.0. The third-order valence-electron chi connectivity index (χ3n) is 5.07. The van der Waals surface area contributed by atoms with Crippen LogP contribution < -0.4 is 19.5 Å². The van der Waals surface area contributed by atoms with Gasteiger partial charge in [0.2, 0.25) is 0 Å². The summed E-state index contributed by atoms with van der Waals surface area (Å²) in [6, 6.07) is 19.0. The summed E-state index contributed by atoms with van der Waals surface area (Å²) in [6.07, 6.45) is 0. The van der Waals surface area contributed by atoms with Gasteiger partial charge in [-0.25, -0.2) is 0 Å². The lowest BCUT2D eigenvalue weighted by molar-refractivity contribution is 0.102. The van der Waals surface area contributed by atoms with Crippen molar-refractivity contribution in [3.63, 3.8) is 0 Å². The van der Waals surface area contributed by atoms with Crippen molar-refractivity contribution >= 4 is 11.6 Å². The first-order chi connectivity index (χ1) is 14.9. The van der Waals surface area contributed by atoms with E-state index < -0.39 is 0 Å². The molecule has 162 valence electrons. The number of para-hydroxylation sites is 1. The van der Waals surface area contributed by atoms with E-state index in [1.807, 2.05) is 43.3 Å². The van der Waals surface area contributed by atoms with E-state index in [1.54, 1.807) is 32.4 Å². The van der Waals surface area contributed by atoms with Crippen molar-refractivity contribution in [2.75, 3.05) is 19.5 Å². The third kappa shape index (κ3) is 5.37. The van der Waals surface area contributed by atoms with E-state index in [2.05, 4.69) is 25.2 Å². The van der Waals surface area contributed by atoms with E-state index >= 15 is 0 Å². The number of rotatable bonds is 8. The van der Waals surface area contributed by atoms with E-state index in [-0.39, 0.29) is 5.91 Å². The maximum atomic E-state index is 12.9. The number of nitrogens with one attached hydrogen (secondary N) is 1. The quantitative estimate of drug-likeness (QED) is 0.489. The zero-order chi connectivity index (χ0) is 22.4. The number of ether oxygens (including phenoxy) is 3. The van der Waals surface area contributed by atoms with E-state index in [0.29, 0.717) is 35.3 Å². The highest BCUT2D eigenvalue weighted by atomic mass is 16.5. The maximum Gasteiger partial charge on any atom is 0.255 e. The van der Waals surface area contributed by atoms with Crippen LogP contribution in [0.2, 0.25) is 0 Å². The van der Waals surface area contributed by atoms with Crippen LogP contribution in [0.15, 0.2) is 60.7 Å². The number of hydrogen-bond acceptors (Lipinski definition) is 4. The minimum Gasteiger partial charge on any atom is -0.496 e. The fraction of sp³-hybridized carbons (Fsp3) is 0.269. The summed E-state index contributed by atoms with van der Waals surface area (Å²) in [5.74, 6) is 2.24. The number of amides is 1. The molecule has 0 aliphatic heterocycles. The number of benzene rings is 3. The number of carbonyl (C=O) groups is 1. The van der Waals surface area contributed by atoms with E-state index in [9.17, 15) is 4.79 Å². The Hall–Kier alpha value is -3.47. The van der Waals surface area contributed by atoms with Gasteiger partial charge in [-0.15, -0.1) is 0 Å². The van der Waals surface area contributed by atoms with Gasteiger partial charge in [-0.2, -0.15) is 0 Å². The zero-order valence-electron chi connectivity index (χ0n) is 18.7. The molecule has 31 heavy (non-hydrogen) atoms. The molecule has 0 aliphatic carbocycles. The van der Waals surface area contributed by atoms with Crippen molar-refractivity contribution in [3.8, 4) is 17.2 Å². The average molecular weight is 420 g/mol. The Balaban J connectivity index is 1.82. The Labute approximate surface area is 184 Å². The molecular weight excluding hydrogens is 390 g/mol. The van der Waals surface area contributed by atoms with Crippen molar-refractivity contribution in [3.05, 3.63) is 82.9 Å². The Morgan fingerprint density at radius 3 is 2.32 bits per heavy atom. The van der Waals surface area contributed by atoms with Crippen molar-refractivity contribution in [2.24, 2.45) is 0 Å². The first-order valence-corrected chi connectivity index (χ1v) is 10.3. The van der Waals surface area contributed by atoms with Crippen molar-refractivity contribution < 1.29 is 19.0 Å². The van der Waals surface area contributed by atoms with Crippen LogP contribution in [0.5, 0.6) is 17.2 Å². The number of aryl methyl sites for hydroxylation is 1. The summed E-state index contributed by atoms with van der Waals surface area (Å²) in [7, 11) is 3.19. The van der Waals surface area contributed by atoms with E-state index in [4.69, 9.17) is 14.2 Å². The normalized spacial score (nSPS) is 10.6. The molecule has 0 radical (unpaired) electrons. The monoisotopic (exact) mass is 419 g/mol. The molecule has 0 bridgehead atoms. The van der Waals surface area contributed by atoms with Crippen molar-refractivity contribution in [1.82, 2.24) is 0 Å². The van der Waals surface area contributed by atoms with Crippen LogP contribution in [0.4, 0.5) is 5.69 Å². The molecule has 5 nitrogen and oxygen atoms in total. The molecule has 0 unspecified atom stereocenters. The molecule has 0 heterocycles. The topological polar surface area (TPSA) is 56.8 Å². The molecule has 0 spiro atoms. The summed E-state index contributed by atoms with van der Waals surface area (Å²) < 4.78 is 16.9. The van der Waals surface area contributed by atoms with E-state index in [1.165, 1.54) is 0 Å². The second kappa shape index (κ2) is 10.0. The summed E-state index contributed by atoms with van der Waals surface area (Å²) in [4.78, 5) is 12.9. The molecule has 0 aromatic heterocycles. The van der Waals surface area contributed by atoms with E-state index in [0.717, 1.165) is 22.4 Å². The van der Waals surface area contributed by atoms with Gasteiger partial charge >= 0.3 is 0 Å². The van der Waals surface area contributed by atoms with Gasteiger partial charge in [0.25, 0.3) is 5.91 Å². The smallest absolute Gasteiger partial charge is 0.255 e.